The summed E-state index contributed by atoms with van der Waals surface area (Å²) < 4.78 is 0. The van der Waals surface area contributed by atoms with Crippen molar-refractivity contribution in [3.63, 3.8) is 0 Å². The first kappa shape index (κ1) is 11.6. The van der Waals surface area contributed by atoms with Crippen LogP contribution in [0, 0.1) is 5.41 Å². The van der Waals surface area contributed by atoms with Crippen LogP contribution in [0.15, 0.2) is 30.3 Å². The normalized spacial score (nSPS) is 37.5. The third kappa shape index (κ3) is 1.92. The van der Waals surface area contributed by atoms with E-state index in [4.69, 9.17) is 0 Å². The van der Waals surface area contributed by atoms with Gasteiger partial charge in [-0.2, -0.15) is 11.8 Å². The maximum atomic E-state index is 3.60. The van der Waals surface area contributed by atoms with Crippen LogP contribution in [0.2, 0.25) is 0 Å². The van der Waals surface area contributed by atoms with E-state index >= 15 is 0 Å². The van der Waals surface area contributed by atoms with E-state index in [9.17, 15) is 0 Å². The summed E-state index contributed by atoms with van der Waals surface area (Å²) >= 11 is 2.17. The van der Waals surface area contributed by atoms with Gasteiger partial charge in [-0.1, -0.05) is 37.3 Å². The van der Waals surface area contributed by atoms with Gasteiger partial charge in [0.15, 0.2) is 0 Å². The molecule has 1 N–H and O–H groups in total. The lowest BCUT2D eigenvalue weighted by Crippen LogP contribution is -2.46. The van der Waals surface area contributed by atoms with E-state index in [1.807, 2.05) is 0 Å². The smallest absolute Gasteiger partial charge is 0.00822 e. The Morgan fingerprint density at radius 3 is 2.76 bits per heavy atom. The molecule has 2 heterocycles. The molecule has 3 rings (SSSR count). The Hall–Kier alpha value is -0.470. The van der Waals surface area contributed by atoms with Gasteiger partial charge in [-0.3, -0.25) is 0 Å². The lowest BCUT2D eigenvalue weighted by atomic mass is 9.64. The van der Waals surface area contributed by atoms with Crippen molar-refractivity contribution in [3.05, 3.63) is 35.9 Å². The second-order valence-corrected chi connectivity index (χ2v) is 6.86. The van der Waals surface area contributed by atoms with Crippen LogP contribution in [0.5, 0.6) is 0 Å². The van der Waals surface area contributed by atoms with Gasteiger partial charge in [-0.25, -0.2) is 0 Å². The second kappa shape index (κ2) is 4.66. The van der Waals surface area contributed by atoms with Gasteiger partial charge in [0.2, 0.25) is 0 Å². The van der Waals surface area contributed by atoms with E-state index in [-0.39, 0.29) is 0 Å². The van der Waals surface area contributed by atoms with Crippen molar-refractivity contribution in [2.45, 2.75) is 30.9 Å². The molecule has 1 nitrogen and oxygen atoms in total. The van der Waals surface area contributed by atoms with E-state index in [2.05, 4.69) is 54.3 Å². The monoisotopic (exact) mass is 247 g/mol. The van der Waals surface area contributed by atoms with Crippen LogP contribution in [-0.4, -0.2) is 24.1 Å². The molecule has 1 aromatic rings. The molecule has 0 aliphatic carbocycles. The Bertz CT molecular complexity index is 378. The predicted molar refractivity (Wildman–Crippen MR) is 75.6 cm³/mol. The summed E-state index contributed by atoms with van der Waals surface area (Å²) in [6.07, 6.45) is 2.75. The fourth-order valence-electron chi connectivity index (χ4n) is 3.66. The van der Waals surface area contributed by atoms with Crippen LogP contribution in [0.1, 0.15) is 31.2 Å². The Kier molecular flexibility index (Phi) is 3.18. The van der Waals surface area contributed by atoms with Crippen molar-refractivity contribution < 1.29 is 0 Å². The van der Waals surface area contributed by atoms with Crippen molar-refractivity contribution in [1.29, 1.82) is 0 Å². The fraction of sp³-hybridized carbons (Fsp3) is 0.600. The molecule has 0 radical (unpaired) electrons. The summed E-state index contributed by atoms with van der Waals surface area (Å²) in [7, 11) is 0. The van der Waals surface area contributed by atoms with E-state index in [1.165, 1.54) is 30.7 Å². The summed E-state index contributed by atoms with van der Waals surface area (Å²) in [5.74, 6) is 2.06. The number of thioether (sulfide) groups is 1. The molecule has 2 aliphatic heterocycles. The van der Waals surface area contributed by atoms with E-state index in [0.717, 1.165) is 11.8 Å². The molecule has 0 aromatic heterocycles. The lowest BCUT2D eigenvalue weighted by molar-refractivity contribution is 0.166. The van der Waals surface area contributed by atoms with Crippen molar-refractivity contribution in [1.82, 2.24) is 5.32 Å². The average molecular weight is 247 g/mol. The lowest BCUT2D eigenvalue weighted by Gasteiger charge is -2.45. The molecule has 3 unspecified atom stereocenters. The summed E-state index contributed by atoms with van der Waals surface area (Å²) in [5.41, 5.74) is 2.09. The maximum absolute atomic E-state index is 3.60. The number of piperidine rings is 1. The zero-order valence-electron chi connectivity index (χ0n) is 10.5. The molecule has 1 aromatic carbocycles. The zero-order chi connectivity index (χ0) is 11.7. The number of nitrogens with one attached hydrogen (secondary N) is 1. The van der Waals surface area contributed by atoms with Crippen molar-refractivity contribution >= 4 is 11.8 Å². The van der Waals surface area contributed by atoms with Gasteiger partial charge in [-0.15, -0.1) is 0 Å². The van der Waals surface area contributed by atoms with E-state index in [0.29, 0.717) is 11.3 Å². The highest BCUT2D eigenvalue weighted by Gasteiger charge is 2.48. The Morgan fingerprint density at radius 1 is 1.24 bits per heavy atom. The molecule has 2 saturated heterocycles. The summed E-state index contributed by atoms with van der Waals surface area (Å²) in [6, 6.07) is 11.1. The van der Waals surface area contributed by atoms with Gasteiger partial charge < -0.3 is 5.32 Å². The number of rotatable bonds is 1. The Balaban J connectivity index is 1.96. The van der Waals surface area contributed by atoms with Crippen molar-refractivity contribution in [2.24, 2.45) is 5.41 Å². The minimum atomic E-state index is 0.553. The standard InChI is InChI=1S/C15H21NS/c1-12-15(8-10-17-12)7-9-16-11-14(15)13-5-3-2-4-6-13/h2-6,12,14,16H,7-11H2,1H3. The second-order valence-electron chi connectivity index (χ2n) is 5.41. The zero-order valence-corrected chi connectivity index (χ0v) is 11.3. The van der Waals surface area contributed by atoms with Crippen LogP contribution in [0.4, 0.5) is 0 Å². The summed E-state index contributed by atoms with van der Waals surface area (Å²) in [5, 5.41) is 4.41. The fourth-order valence-corrected chi connectivity index (χ4v) is 5.24. The molecule has 3 atom stereocenters. The molecule has 0 saturated carbocycles. The van der Waals surface area contributed by atoms with Crippen LogP contribution in [-0.2, 0) is 0 Å². The topological polar surface area (TPSA) is 12.0 Å². The first-order valence-electron chi connectivity index (χ1n) is 6.70. The van der Waals surface area contributed by atoms with Crippen molar-refractivity contribution in [3.8, 4) is 0 Å². The molecule has 0 bridgehead atoms. The number of benzene rings is 1. The molecular formula is C15H21NS. The first-order valence-corrected chi connectivity index (χ1v) is 7.75. The quantitative estimate of drug-likeness (QED) is 0.817. The first-order chi connectivity index (χ1) is 8.33. The van der Waals surface area contributed by atoms with Crippen LogP contribution in [0.3, 0.4) is 0 Å². The maximum Gasteiger partial charge on any atom is 0.00822 e. The van der Waals surface area contributed by atoms with Crippen molar-refractivity contribution in [2.75, 3.05) is 18.8 Å². The number of hydrogen-bond acceptors (Lipinski definition) is 2. The highest BCUT2D eigenvalue weighted by Crippen LogP contribution is 2.54. The summed E-state index contributed by atoms with van der Waals surface area (Å²) in [6.45, 7) is 4.81. The van der Waals surface area contributed by atoms with Crippen LogP contribution < -0.4 is 5.32 Å². The van der Waals surface area contributed by atoms with E-state index < -0.39 is 0 Å². The minimum absolute atomic E-state index is 0.553. The van der Waals surface area contributed by atoms with Gasteiger partial charge in [-0.05, 0) is 36.1 Å². The highest BCUT2D eigenvalue weighted by molar-refractivity contribution is 8.00. The van der Waals surface area contributed by atoms with Gasteiger partial charge in [0.05, 0.1) is 0 Å². The van der Waals surface area contributed by atoms with Gasteiger partial charge in [0.25, 0.3) is 0 Å². The molecular weight excluding hydrogens is 226 g/mol. The molecule has 2 heteroatoms. The SMILES string of the molecule is CC1SCCC12CCNCC2c1ccccc1. The summed E-state index contributed by atoms with van der Waals surface area (Å²) in [4.78, 5) is 0. The molecule has 92 valence electrons. The third-order valence-electron chi connectivity index (χ3n) is 4.76. The molecule has 0 amide bonds. The largest absolute Gasteiger partial charge is 0.316 e. The van der Waals surface area contributed by atoms with Crippen LogP contribution in [0.25, 0.3) is 0 Å². The molecule has 17 heavy (non-hydrogen) atoms. The Morgan fingerprint density at radius 2 is 2.06 bits per heavy atom. The van der Waals surface area contributed by atoms with Crippen LogP contribution >= 0.6 is 11.8 Å². The van der Waals surface area contributed by atoms with Gasteiger partial charge in [0, 0.05) is 17.7 Å². The minimum Gasteiger partial charge on any atom is -0.316 e. The third-order valence-corrected chi connectivity index (χ3v) is 6.17. The van der Waals surface area contributed by atoms with Gasteiger partial charge >= 0.3 is 0 Å². The average Bonchev–Trinajstić information content (AvgIpc) is 2.73. The highest BCUT2D eigenvalue weighted by atomic mass is 32.2. The van der Waals surface area contributed by atoms with Gasteiger partial charge in [0.1, 0.15) is 0 Å². The Labute approximate surface area is 108 Å². The molecule has 2 aliphatic rings. The predicted octanol–water partition coefficient (Wildman–Crippen LogP) is 3.28. The van der Waals surface area contributed by atoms with E-state index in [1.54, 1.807) is 0 Å². The molecule has 2 fully saturated rings. The number of hydrogen-bond donors (Lipinski definition) is 1. The molecule has 1 spiro atoms.